The van der Waals surface area contributed by atoms with Crippen LogP contribution in [0.5, 0.6) is 0 Å². The Morgan fingerprint density at radius 1 is 1.19 bits per heavy atom. The summed E-state index contributed by atoms with van der Waals surface area (Å²) in [6, 6.07) is 11.3. The molecular weight excluding hydrogens is 294 g/mol. The van der Waals surface area contributed by atoms with Gasteiger partial charge in [0.1, 0.15) is 11.8 Å². The van der Waals surface area contributed by atoms with Crippen LogP contribution in [-0.2, 0) is 14.8 Å². The van der Waals surface area contributed by atoms with Crippen LogP contribution in [0.3, 0.4) is 0 Å². The number of carbonyl (C=O) groups is 1. The van der Waals surface area contributed by atoms with Gasteiger partial charge in [-0.2, -0.15) is 4.72 Å². The smallest absolute Gasteiger partial charge is 0.323 e. The Balaban J connectivity index is 2.37. The molecule has 2 N–H and O–H groups in total. The van der Waals surface area contributed by atoms with Crippen LogP contribution in [0.1, 0.15) is 24.3 Å². The van der Waals surface area contributed by atoms with Gasteiger partial charge in [-0.25, -0.2) is 8.42 Å². The Bertz CT molecular complexity index is 694. The summed E-state index contributed by atoms with van der Waals surface area (Å²) in [7, 11) is -4.04. The third kappa shape index (κ3) is 3.50. The average Bonchev–Trinajstić information content (AvgIpc) is 2.98. The molecule has 0 aliphatic heterocycles. The lowest BCUT2D eigenvalue weighted by molar-refractivity contribution is -0.136. The Labute approximate surface area is 122 Å². The van der Waals surface area contributed by atoms with Gasteiger partial charge in [0.05, 0.1) is 6.26 Å². The first-order valence-corrected chi connectivity index (χ1v) is 7.79. The molecule has 1 aromatic heterocycles. The van der Waals surface area contributed by atoms with E-state index >= 15 is 0 Å². The fourth-order valence-electron chi connectivity index (χ4n) is 1.79. The second-order valence-electron chi connectivity index (χ2n) is 4.50. The summed E-state index contributed by atoms with van der Waals surface area (Å²) in [6.07, 6.45) is 1.43. The maximum atomic E-state index is 12.1. The monoisotopic (exact) mass is 309 g/mol. The number of rotatable bonds is 6. The Kier molecular flexibility index (Phi) is 4.44. The number of hydrogen-bond acceptors (Lipinski definition) is 4. The number of carboxylic acid groups (broad SMARTS) is 1. The molecule has 112 valence electrons. The van der Waals surface area contributed by atoms with E-state index in [2.05, 4.69) is 4.72 Å². The Morgan fingerprint density at radius 2 is 1.86 bits per heavy atom. The molecular formula is C14H15NO5S. The highest BCUT2D eigenvalue weighted by Gasteiger charge is 2.31. The van der Waals surface area contributed by atoms with Gasteiger partial charge in [-0.05, 0) is 24.6 Å². The van der Waals surface area contributed by atoms with Gasteiger partial charge < -0.3 is 9.52 Å². The first kappa shape index (κ1) is 15.3. The molecule has 1 heterocycles. The predicted octanol–water partition coefficient (Wildman–Crippen LogP) is 1.76. The van der Waals surface area contributed by atoms with Crippen molar-refractivity contribution in [3.05, 3.63) is 60.1 Å². The number of aliphatic carboxylic acids is 1. The Hall–Kier alpha value is -2.12. The number of hydrogen-bond donors (Lipinski definition) is 2. The summed E-state index contributed by atoms with van der Waals surface area (Å²) in [4.78, 5) is 10.9. The molecule has 0 fully saturated rings. The van der Waals surface area contributed by atoms with Gasteiger partial charge in [-0.15, -0.1) is 0 Å². The lowest BCUT2D eigenvalue weighted by Crippen LogP contribution is -2.39. The molecule has 2 unspecified atom stereocenters. The van der Waals surface area contributed by atoms with Crippen LogP contribution in [0.15, 0.2) is 53.1 Å². The zero-order valence-electron chi connectivity index (χ0n) is 11.3. The van der Waals surface area contributed by atoms with Crippen molar-refractivity contribution in [1.29, 1.82) is 0 Å². The van der Waals surface area contributed by atoms with Crippen LogP contribution in [0.4, 0.5) is 0 Å². The molecule has 0 saturated carbocycles. The number of carboxylic acids is 1. The largest absolute Gasteiger partial charge is 0.480 e. The minimum absolute atomic E-state index is 0.391. The third-order valence-corrected chi connectivity index (χ3v) is 4.75. The molecule has 2 atom stereocenters. The van der Waals surface area contributed by atoms with Crippen molar-refractivity contribution in [3.8, 4) is 0 Å². The Morgan fingerprint density at radius 3 is 2.38 bits per heavy atom. The molecule has 0 saturated heterocycles. The molecule has 0 spiro atoms. The summed E-state index contributed by atoms with van der Waals surface area (Å²) in [5, 5.41) is 7.33. The summed E-state index contributed by atoms with van der Waals surface area (Å²) in [5.74, 6) is -1.02. The fourth-order valence-corrected chi connectivity index (χ4v) is 2.84. The minimum Gasteiger partial charge on any atom is -0.480 e. The molecule has 2 rings (SSSR count). The van der Waals surface area contributed by atoms with Crippen molar-refractivity contribution >= 4 is 16.0 Å². The van der Waals surface area contributed by atoms with Gasteiger partial charge in [0, 0.05) is 0 Å². The number of furan rings is 1. The molecule has 0 aliphatic carbocycles. The van der Waals surface area contributed by atoms with Crippen molar-refractivity contribution < 1.29 is 22.7 Å². The van der Waals surface area contributed by atoms with Crippen LogP contribution < -0.4 is 4.72 Å². The van der Waals surface area contributed by atoms with E-state index in [0.717, 1.165) is 6.92 Å². The summed E-state index contributed by atoms with van der Waals surface area (Å²) in [5.41, 5.74) is 0.661. The molecule has 0 bridgehead atoms. The molecule has 2 aromatic rings. The van der Waals surface area contributed by atoms with Crippen LogP contribution in [0, 0.1) is 0 Å². The van der Waals surface area contributed by atoms with Crippen LogP contribution in [0.2, 0.25) is 0 Å². The van der Waals surface area contributed by atoms with E-state index in [4.69, 9.17) is 9.52 Å². The van der Waals surface area contributed by atoms with E-state index in [1.54, 1.807) is 42.5 Å². The zero-order valence-corrected chi connectivity index (χ0v) is 12.1. The molecule has 0 aliphatic rings. The second-order valence-corrected chi connectivity index (χ2v) is 6.54. The van der Waals surface area contributed by atoms with E-state index in [0.29, 0.717) is 11.3 Å². The molecule has 0 amide bonds. The summed E-state index contributed by atoms with van der Waals surface area (Å²) in [6.45, 7) is 1.12. The standard InChI is InChI=1S/C14H15NO5S/c1-10(14(16)17)21(18,19)15-13(12-8-5-9-20-12)11-6-3-2-4-7-11/h2-10,13,15H,1H3,(H,16,17). The third-order valence-electron chi connectivity index (χ3n) is 3.06. The normalized spacial score (nSPS) is 14.5. The highest BCUT2D eigenvalue weighted by molar-refractivity contribution is 7.90. The van der Waals surface area contributed by atoms with Gasteiger partial charge in [0.2, 0.25) is 10.0 Å². The van der Waals surface area contributed by atoms with Crippen LogP contribution >= 0.6 is 0 Å². The van der Waals surface area contributed by atoms with Crippen molar-refractivity contribution in [3.63, 3.8) is 0 Å². The second kappa shape index (κ2) is 6.11. The summed E-state index contributed by atoms with van der Waals surface area (Å²) >= 11 is 0. The number of nitrogens with one attached hydrogen (secondary N) is 1. The lowest BCUT2D eigenvalue weighted by Gasteiger charge is -2.19. The summed E-state index contributed by atoms with van der Waals surface area (Å²) < 4.78 is 31.9. The number of benzene rings is 1. The molecule has 6 nitrogen and oxygen atoms in total. The first-order valence-electron chi connectivity index (χ1n) is 6.24. The van der Waals surface area contributed by atoms with Gasteiger partial charge in [-0.3, -0.25) is 4.79 Å². The highest BCUT2D eigenvalue weighted by Crippen LogP contribution is 2.24. The van der Waals surface area contributed by atoms with Gasteiger partial charge >= 0.3 is 5.97 Å². The van der Waals surface area contributed by atoms with E-state index < -0.39 is 27.3 Å². The average molecular weight is 309 g/mol. The van der Waals surface area contributed by atoms with E-state index in [1.165, 1.54) is 6.26 Å². The SMILES string of the molecule is CC(C(=O)O)S(=O)(=O)NC(c1ccccc1)c1ccco1. The van der Waals surface area contributed by atoms with Gasteiger partial charge in [0.25, 0.3) is 0 Å². The highest BCUT2D eigenvalue weighted by atomic mass is 32.2. The van der Waals surface area contributed by atoms with E-state index in [-0.39, 0.29) is 0 Å². The molecule has 7 heteroatoms. The van der Waals surface area contributed by atoms with Gasteiger partial charge in [0.15, 0.2) is 5.25 Å². The van der Waals surface area contributed by atoms with Crippen LogP contribution in [-0.4, -0.2) is 24.7 Å². The lowest BCUT2D eigenvalue weighted by atomic mass is 10.1. The maximum absolute atomic E-state index is 12.1. The predicted molar refractivity (Wildman–Crippen MR) is 76.1 cm³/mol. The zero-order chi connectivity index (χ0) is 15.5. The van der Waals surface area contributed by atoms with Crippen molar-refractivity contribution in [2.24, 2.45) is 0 Å². The topological polar surface area (TPSA) is 96.6 Å². The van der Waals surface area contributed by atoms with Crippen molar-refractivity contribution in [2.75, 3.05) is 0 Å². The van der Waals surface area contributed by atoms with Crippen molar-refractivity contribution in [1.82, 2.24) is 4.72 Å². The molecule has 1 aromatic carbocycles. The number of sulfonamides is 1. The minimum atomic E-state index is -4.04. The van der Waals surface area contributed by atoms with E-state index in [9.17, 15) is 13.2 Å². The molecule has 0 radical (unpaired) electrons. The van der Waals surface area contributed by atoms with E-state index in [1.807, 2.05) is 0 Å². The van der Waals surface area contributed by atoms with Gasteiger partial charge in [-0.1, -0.05) is 30.3 Å². The first-order chi connectivity index (χ1) is 9.92. The molecule has 21 heavy (non-hydrogen) atoms. The quantitative estimate of drug-likeness (QED) is 0.847. The van der Waals surface area contributed by atoms with Crippen molar-refractivity contribution in [2.45, 2.75) is 18.2 Å². The maximum Gasteiger partial charge on any atom is 0.323 e. The van der Waals surface area contributed by atoms with Crippen LogP contribution in [0.25, 0.3) is 0 Å². The fraction of sp³-hybridized carbons (Fsp3) is 0.214.